The zero-order valence-corrected chi connectivity index (χ0v) is 17.3. The summed E-state index contributed by atoms with van der Waals surface area (Å²) in [6, 6.07) is 17.0. The number of rotatable bonds is 6. The largest absolute Gasteiger partial charge is 0.323 e. The summed E-state index contributed by atoms with van der Waals surface area (Å²) in [7, 11) is 0. The minimum atomic E-state index is -0.140. The van der Waals surface area contributed by atoms with Crippen LogP contribution in [0.25, 0.3) is 17.1 Å². The van der Waals surface area contributed by atoms with Crippen molar-refractivity contribution in [3.05, 3.63) is 71.0 Å². The molecule has 8 nitrogen and oxygen atoms in total. The van der Waals surface area contributed by atoms with Crippen molar-refractivity contribution >= 4 is 23.2 Å². The van der Waals surface area contributed by atoms with Gasteiger partial charge in [-0.05, 0) is 55.5 Å². The van der Waals surface area contributed by atoms with E-state index in [2.05, 4.69) is 25.8 Å². The summed E-state index contributed by atoms with van der Waals surface area (Å²) < 4.78 is 1.82. The highest BCUT2D eigenvalue weighted by Crippen LogP contribution is 2.23. The Kier molecular flexibility index (Phi) is 5.58. The van der Waals surface area contributed by atoms with Crippen LogP contribution >= 0.6 is 11.6 Å². The average Bonchev–Trinajstić information content (AvgIpc) is 3.34. The summed E-state index contributed by atoms with van der Waals surface area (Å²) in [4.78, 5) is 13.9. The molecule has 0 saturated carbocycles. The lowest BCUT2D eigenvalue weighted by atomic mass is 10.2. The summed E-state index contributed by atoms with van der Waals surface area (Å²) in [6.45, 7) is 4.12. The molecule has 9 heteroatoms. The minimum absolute atomic E-state index is 0.140. The maximum absolute atomic E-state index is 12.5. The molecule has 0 atom stereocenters. The van der Waals surface area contributed by atoms with Crippen LogP contribution in [0.3, 0.4) is 0 Å². The number of aromatic nitrogens is 6. The van der Waals surface area contributed by atoms with Crippen molar-refractivity contribution in [2.75, 3.05) is 5.32 Å². The van der Waals surface area contributed by atoms with E-state index in [0.717, 1.165) is 28.3 Å². The van der Waals surface area contributed by atoms with Crippen LogP contribution < -0.4 is 5.32 Å². The number of nitrogens with one attached hydrogen (secondary N) is 1. The van der Waals surface area contributed by atoms with Crippen LogP contribution in [0.1, 0.15) is 17.8 Å². The lowest BCUT2D eigenvalue weighted by Gasteiger charge is -2.07. The van der Waals surface area contributed by atoms with Crippen molar-refractivity contribution in [2.45, 2.75) is 26.8 Å². The van der Waals surface area contributed by atoms with Gasteiger partial charge in [-0.1, -0.05) is 29.8 Å². The standard InChI is InChI=1S/C21H20ClN7O/c1-14-20(15(2)29(25-14)18-6-4-3-5-7-18)23-19(30)12-13-28-26-21(24-27-28)16-8-10-17(22)11-9-16/h3-11H,12-13H2,1-2H3,(H,23,30). The third-order valence-electron chi connectivity index (χ3n) is 4.65. The Bertz CT molecular complexity index is 1170. The predicted molar refractivity (Wildman–Crippen MR) is 115 cm³/mol. The molecule has 0 aliphatic heterocycles. The van der Waals surface area contributed by atoms with Gasteiger partial charge in [-0.25, -0.2) is 4.68 Å². The molecule has 4 rings (SSSR count). The number of para-hydroxylation sites is 1. The quantitative estimate of drug-likeness (QED) is 0.511. The van der Waals surface area contributed by atoms with E-state index >= 15 is 0 Å². The minimum Gasteiger partial charge on any atom is -0.323 e. The summed E-state index contributed by atoms with van der Waals surface area (Å²) >= 11 is 5.90. The Hall–Kier alpha value is -3.52. The molecule has 2 aromatic carbocycles. The molecule has 1 amide bonds. The SMILES string of the molecule is Cc1nn(-c2ccccc2)c(C)c1NC(=O)CCn1nnc(-c2ccc(Cl)cc2)n1. The second kappa shape index (κ2) is 8.46. The Morgan fingerprint density at radius 1 is 1.03 bits per heavy atom. The van der Waals surface area contributed by atoms with Crippen LogP contribution in [0.5, 0.6) is 0 Å². The molecule has 0 spiro atoms. The lowest BCUT2D eigenvalue weighted by Crippen LogP contribution is -2.16. The molecule has 0 fully saturated rings. The number of anilines is 1. The first-order valence-corrected chi connectivity index (χ1v) is 9.84. The van der Waals surface area contributed by atoms with Gasteiger partial charge in [0.2, 0.25) is 11.7 Å². The van der Waals surface area contributed by atoms with Gasteiger partial charge < -0.3 is 5.32 Å². The second-order valence-corrected chi connectivity index (χ2v) is 7.24. The molecular weight excluding hydrogens is 402 g/mol. The van der Waals surface area contributed by atoms with E-state index in [-0.39, 0.29) is 12.3 Å². The normalized spacial score (nSPS) is 10.9. The molecule has 152 valence electrons. The van der Waals surface area contributed by atoms with Crippen LogP contribution in [0.2, 0.25) is 5.02 Å². The monoisotopic (exact) mass is 421 g/mol. The molecule has 4 aromatic rings. The van der Waals surface area contributed by atoms with E-state index in [9.17, 15) is 4.79 Å². The zero-order chi connectivity index (χ0) is 21.1. The number of carbonyl (C=O) groups is 1. The third kappa shape index (κ3) is 4.23. The van der Waals surface area contributed by atoms with Crippen molar-refractivity contribution in [3.63, 3.8) is 0 Å². The molecule has 0 unspecified atom stereocenters. The molecule has 0 bridgehead atoms. The topological polar surface area (TPSA) is 90.5 Å². The van der Waals surface area contributed by atoms with Crippen LogP contribution in [-0.4, -0.2) is 35.9 Å². The van der Waals surface area contributed by atoms with E-state index in [1.54, 1.807) is 12.1 Å². The van der Waals surface area contributed by atoms with E-state index in [1.807, 2.05) is 61.0 Å². The van der Waals surface area contributed by atoms with Gasteiger partial charge in [-0.15, -0.1) is 10.2 Å². The number of halogens is 1. The van der Waals surface area contributed by atoms with E-state index < -0.39 is 0 Å². The van der Waals surface area contributed by atoms with Crippen molar-refractivity contribution in [1.82, 2.24) is 30.0 Å². The molecule has 0 aliphatic carbocycles. The van der Waals surface area contributed by atoms with Crippen LogP contribution in [0.4, 0.5) is 5.69 Å². The fourth-order valence-corrected chi connectivity index (χ4v) is 3.23. The highest BCUT2D eigenvalue weighted by Gasteiger charge is 2.15. The second-order valence-electron chi connectivity index (χ2n) is 6.81. The highest BCUT2D eigenvalue weighted by molar-refractivity contribution is 6.30. The number of hydrogen-bond acceptors (Lipinski definition) is 5. The molecule has 0 saturated heterocycles. The van der Waals surface area contributed by atoms with Gasteiger partial charge in [-0.2, -0.15) is 9.90 Å². The Morgan fingerprint density at radius 3 is 2.50 bits per heavy atom. The van der Waals surface area contributed by atoms with Gasteiger partial charge in [0.05, 0.1) is 29.3 Å². The van der Waals surface area contributed by atoms with E-state index in [0.29, 0.717) is 17.4 Å². The molecule has 30 heavy (non-hydrogen) atoms. The molecule has 0 aliphatic rings. The van der Waals surface area contributed by atoms with Crippen molar-refractivity contribution in [2.24, 2.45) is 0 Å². The smallest absolute Gasteiger partial charge is 0.226 e. The fraction of sp³-hybridized carbons (Fsp3) is 0.190. The molecular formula is C21H20ClN7O. The number of benzene rings is 2. The van der Waals surface area contributed by atoms with Gasteiger partial charge in [-0.3, -0.25) is 4.79 Å². The molecule has 1 N–H and O–H groups in total. The summed E-state index contributed by atoms with van der Waals surface area (Å²) in [5.74, 6) is 0.349. The third-order valence-corrected chi connectivity index (χ3v) is 4.90. The molecule has 2 aromatic heterocycles. The average molecular weight is 422 g/mol. The zero-order valence-electron chi connectivity index (χ0n) is 16.6. The van der Waals surface area contributed by atoms with Gasteiger partial charge >= 0.3 is 0 Å². The summed E-state index contributed by atoms with van der Waals surface area (Å²) in [6.07, 6.45) is 0.214. The predicted octanol–water partition coefficient (Wildman–Crippen LogP) is 3.82. The van der Waals surface area contributed by atoms with Crippen molar-refractivity contribution < 1.29 is 4.79 Å². The number of nitrogens with zero attached hydrogens (tertiary/aromatic N) is 6. The first-order chi connectivity index (χ1) is 14.5. The Morgan fingerprint density at radius 2 is 1.77 bits per heavy atom. The maximum atomic E-state index is 12.5. The van der Waals surface area contributed by atoms with Gasteiger partial charge in [0.25, 0.3) is 0 Å². The maximum Gasteiger partial charge on any atom is 0.226 e. The van der Waals surface area contributed by atoms with Gasteiger partial charge in [0.15, 0.2) is 0 Å². The van der Waals surface area contributed by atoms with Gasteiger partial charge in [0.1, 0.15) is 0 Å². The molecule has 0 radical (unpaired) electrons. The van der Waals surface area contributed by atoms with Crippen LogP contribution in [0, 0.1) is 13.8 Å². The lowest BCUT2D eigenvalue weighted by molar-refractivity contribution is -0.116. The van der Waals surface area contributed by atoms with Crippen LogP contribution in [0.15, 0.2) is 54.6 Å². The summed E-state index contributed by atoms with van der Waals surface area (Å²) in [5.41, 5.74) is 4.11. The number of tetrazole rings is 1. The van der Waals surface area contributed by atoms with Crippen molar-refractivity contribution in [1.29, 1.82) is 0 Å². The van der Waals surface area contributed by atoms with Gasteiger partial charge in [0, 0.05) is 17.0 Å². The number of carbonyl (C=O) groups excluding carboxylic acids is 1. The molecule has 2 heterocycles. The number of amides is 1. The van der Waals surface area contributed by atoms with E-state index in [1.165, 1.54) is 4.80 Å². The highest BCUT2D eigenvalue weighted by atomic mass is 35.5. The number of hydrogen-bond donors (Lipinski definition) is 1. The Labute approximate surface area is 178 Å². The first kappa shape index (κ1) is 19.8. The first-order valence-electron chi connectivity index (χ1n) is 9.46. The van der Waals surface area contributed by atoms with Crippen LogP contribution in [-0.2, 0) is 11.3 Å². The van der Waals surface area contributed by atoms with Crippen molar-refractivity contribution in [3.8, 4) is 17.1 Å². The summed E-state index contributed by atoms with van der Waals surface area (Å²) in [5, 5.41) is 20.5. The fourth-order valence-electron chi connectivity index (χ4n) is 3.10. The number of aryl methyl sites for hydroxylation is 2. The van der Waals surface area contributed by atoms with E-state index in [4.69, 9.17) is 11.6 Å². The Balaban J connectivity index is 1.40.